The maximum Gasteiger partial charge on any atom is 0.230 e. The fraction of sp³-hybridized carbons (Fsp3) is 0.560. The lowest BCUT2D eigenvalue weighted by Crippen LogP contribution is -2.71. The van der Waals surface area contributed by atoms with Crippen LogP contribution in [0.25, 0.3) is 0 Å². The first kappa shape index (κ1) is 24.4. The average molecular weight is 473 g/mol. The van der Waals surface area contributed by atoms with Crippen LogP contribution in [-0.4, -0.2) is 76.1 Å². The van der Waals surface area contributed by atoms with Crippen molar-refractivity contribution in [3.63, 3.8) is 0 Å². The topological polar surface area (TPSA) is 150 Å². The lowest BCUT2D eigenvalue weighted by Gasteiger charge is -2.53. The van der Waals surface area contributed by atoms with E-state index in [2.05, 4.69) is 0 Å². The number of rotatable bonds is 6. The van der Waals surface area contributed by atoms with Crippen LogP contribution in [0.3, 0.4) is 0 Å². The third kappa shape index (κ3) is 3.45. The van der Waals surface area contributed by atoms with Crippen molar-refractivity contribution >= 4 is 17.5 Å². The van der Waals surface area contributed by atoms with Gasteiger partial charge < -0.3 is 30.7 Å². The molecule has 6 atom stereocenters. The van der Waals surface area contributed by atoms with Gasteiger partial charge in [0.25, 0.3) is 0 Å². The number of nitrogens with two attached hydrogens (primary N) is 1. The van der Waals surface area contributed by atoms with Crippen molar-refractivity contribution < 1.29 is 34.4 Å². The lowest BCUT2D eigenvalue weighted by atomic mass is 9.56. The van der Waals surface area contributed by atoms with E-state index in [4.69, 9.17) is 10.5 Å². The highest BCUT2D eigenvalue weighted by atomic mass is 16.5. The number of aliphatic hydroxyl groups is 3. The Morgan fingerprint density at radius 1 is 1.29 bits per heavy atom. The predicted molar refractivity (Wildman–Crippen MR) is 122 cm³/mol. The summed E-state index contributed by atoms with van der Waals surface area (Å²) in [6, 6.07) is 4.50. The fourth-order valence-electron chi connectivity index (χ4n) is 5.97. The highest BCUT2D eigenvalue weighted by Gasteiger charge is 2.66. The summed E-state index contributed by atoms with van der Waals surface area (Å²) >= 11 is 0. The number of nitrogens with zero attached hydrogens (tertiary/aromatic N) is 1. The van der Waals surface area contributed by atoms with E-state index in [1.807, 2.05) is 19.1 Å². The van der Waals surface area contributed by atoms with Gasteiger partial charge in [-0.25, -0.2) is 0 Å². The van der Waals surface area contributed by atoms with E-state index in [-0.39, 0.29) is 12.0 Å². The number of primary amides is 1. The normalized spacial score (nSPS) is 32.8. The third-order valence-electron chi connectivity index (χ3n) is 7.57. The van der Waals surface area contributed by atoms with E-state index in [9.17, 15) is 29.7 Å². The summed E-state index contributed by atoms with van der Waals surface area (Å²) in [5, 5.41) is 33.8. The van der Waals surface area contributed by atoms with Gasteiger partial charge in [0.15, 0.2) is 17.2 Å². The molecular formula is C25H32N2O7. The molecule has 0 bridgehead atoms. The van der Waals surface area contributed by atoms with Gasteiger partial charge in [-0.05, 0) is 50.9 Å². The molecule has 0 heterocycles. The Morgan fingerprint density at radius 2 is 2.00 bits per heavy atom. The summed E-state index contributed by atoms with van der Waals surface area (Å²) in [7, 11) is 3.30. The highest BCUT2D eigenvalue weighted by molar-refractivity contribution is 6.15. The number of allylic oxidation sites excluding steroid dienone is 1. The first-order chi connectivity index (χ1) is 16.0. The van der Waals surface area contributed by atoms with Crippen molar-refractivity contribution in [2.24, 2.45) is 23.5 Å². The smallest absolute Gasteiger partial charge is 0.230 e. The largest absolute Gasteiger partial charge is 0.508 e. The van der Waals surface area contributed by atoms with Crippen molar-refractivity contribution in [1.29, 1.82) is 0 Å². The van der Waals surface area contributed by atoms with E-state index in [0.717, 1.165) is 18.4 Å². The van der Waals surface area contributed by atoms with Gasteiger partial charge in [-0.2, -0.15) is 0 Å². The van der Waals surface area contributed by atoms with E-state index >= 15 is 0 Å². The first-order valence-electron chi connectivity index (χ1n) is 11.7. The average Bonchev–Trinajstić information content (AvgIpc) is 2.76. The molecule has 1 aromatic rings. The second kappa shape index (κ2) is 8.79. The Balaban J connectivity index is 1.85. The Hall–Kier alpha value is -2.75. The van der Waals surface area contributed by atoms with Crippen LogP contribution in [0.2, 0.25) is 0 Å². The summed E-state index contributed by atoms with van der Waals surface area (Å²) in [6.07, 6.45) is 0.853. The van der Waals surface area contributed by atoms with E-state index in [0.29, 0.717) is 24.3 Å². The number of ketones is 2. The fourth-order valence-corrected chi connectivity index (χ4v) is 5.97. The lowest BCUT2D eigenvalue weighted by molar-refractivity contribution is -0.178. The number of fused-ring (bicyclic) bond motifs is 3. The molecule has 9 heteroatoms. The van der Waals surface area contributed by atoms with Crippen LogP contribution in [0.5, 0.6) is 5.75 Å². The summed E-state index contributed by atoms with van der Waals surface area (Å²) < 4.78 is 5.84. The molecule has 0 aliphatic heterocycles. The summed E-state index contributed by atoms with van der Waals surface area (Å²) in [5.74, 6) is -6.15. The van der Waals surface area contributed by atoms with Gasteiger partial charge in [-0.15, -0.1) is 0 Å². The van der Waals surface area contributed by atoms with Crippen LogP contribution >= 0.6 is 0 Å². The standard InChI is InChI=1S/C25H32N2O7/c1-4-5-9-34-15-8-6-7-12-10-13-11-14-19(27(2)3)21(29)18(24(26)32)23(31)25(14,33)22(30)17(13)20(28)16(12)15/h6-8,13-14,18-19,21,29-30,33H,4-5,9-11H2,1-3H3,(H2,26,32)/t13-,14-,18?,19-,21?,25-/m0/s1. The number of unbranched alkanes of at least 4 members (excludes halogenated alkanes) is 1. The molecular weight excluding hydrogens is 440 g/mol. The molecule has 184 valence electrons. The van der Waals surface area contributed by atoms with E-state index in [1.165, 1.54) is 0 Å². The number of Topliss-reactive ketones (excluding diaryl/α,β-unsaturated/α-hetero) is 2. The predicted octanol–water partition coefficient (Wildman–Crippen LogP) is 0.759. The van der Waals surface area contributed by atoms with Crippen LogP contribution in [0.4, 0.5) is 0 Å². The van der Waals surface area contributed by atoms with Crippen molar-refractivity contribution in [2.75, 3.05) is 20.7 Å². The van der Waals surface area contributed by atoms with E-state index < -0.39 is 58.7 Å². The van der Waals surface area contributed by atoms with Crippen molar-refractivity contribution in [1.82, 2.24) is 4.90 Å². The number of carbonyl (C=O) groups excluding carboxylic acids is 3. The van der Waals surface area contributed by atoms with Crippen LogP contribution in [0, 0.1) is 17.8 Å². The van der Waals surface area contributed by atoms with Gasteiger partial charge in [-0.1, -0.05) is 25.5 Å². The maximum atomic E-state index is 13.7. The number of aliphatic hydroxyl groups excluding tert-OH is 2. The third-order valence-corrected chi connectivity index (χ3v) is 7.57. The minimum Gasteiger partial charge on any atom is -0.508 e. The van der Waals surface area contributed by atoms with Crippen molar-refractivity contribution in [2.45, 2.75) is 50.4 Å². The number of benzene rings is 1. The summed E-state index contributed by atoms with van der Waals surface area (Å²) in [5.41, 5.74) is 3.94. The zero-order chi connectivity index (χ0) is 24.9. The quantitative estimate of drug-likeness (QED) is 0.350. The van der Waals surface area contributed by atoms with Crippen molar-refractivity contribution in [3.05, 3.63) is 40.7 Å². The Labute approximate surface area is 198 Å². The second-order valence-corrected chi connectivity index (χ2v) is 9.78. The molecule has 1 aromatic carbocycles. The number of hydrogen-bond donors (Lipinski definition) is 4. The van der Waals surface area contributed by atoms with Crippen molar-refractivity contribution in [3.8, 4) is 5.75 Å². The van der Waals surface area contributed by atoms with Crippen LogP contribution in [0.15, 0.2) is 29.5 Å². The molecule has 0 aromatic heterocycles. The van der Waals surface area contributed by atoms with E-state index in [1.54, 1.807) is 25.1 Å². The molecule has 9 nitrogen and oxygen atoms in total. The summed E-state index contributed by atoms with van der Waals surface area (Å²) in [6.45, 7) is 2.46. The summed E-state index contributed by atoms with van der Waals surface area (Å²) in [4.78, 5) is 40.7. The SMILES string of the molecule is CCCCOc1cccc2c1C(=O)C1=C(O)[C@]3(O)C(=O)C(C(N)=O)C(O)[C@@H](N(C)C)[C@@H]3C[C@@H]1C2. The highest BCUT2D eigenvalue weighted by Crippen LogP contribution is 2.52. The Morgan fingerprint density at radius 3 is 2.62 bits per heavy atom. The van der Waals surface area contributed by atoms with Crippen LogP contribution in [-0.2, 0) is 16.0 Å². The number of hydrogen-bond acceptors (Lipinski definition) is 8. The van der Waals surface area contributed by atoms with Gasteiger partial charge >= 0.3 is 0 Å². The van der Waals surface area contributed by atoms with Gasteiger partial charge in [0.2, 0.25) is 5.91 Å². The van der Waals surface area contributed by atoms with Gasteiger partial charge in [0.1, 0.15) is 17.4 Å². The number of likely N-dealkylation sites (N-methyl/N-ethyl adjacent to an activating group) is 1. The van der Waals surface area contributed by atoms with Crippen LogP contribution in [0.1, 0.15) is 42.1 Å². The maximum absolute atomic E-state index is 13.7. The van der Waals surface area contributed by atoms with Crippen LogP contribution < -0.4 is 10.5 Å². The molecule has 5 N–H and O–H groups in total. The van der Waals surface area contributed by atoms with Gasteiger partial charge in [0, 0.05) is 17.5 Å². The molecule has 0 saturated heterocycles. The Bertz CT molecular complexity index is 1070. The zero-order valence-electron chi connectivity index (χ0n) is 19.7. The Kier molecular flexibility index (Phi) is 6.30. The monoisotopic (exact) mass is 472 g/mol. The molecule has 1 saturated carbocycles. The number of ether oxygens (including phenoxy) is 1. The molecule has 0 spiro atoms. The molecule has 3 aliphatic rings. The van der Waals surface area contributed by atoms with Gasteiger partial charge in [-0.3, -0.25) is 14.4 Å². The molecule has 1 amide bonds. The minimum atomic E-state index is -2.51. The molecule has 0 radical (unpaired) electrons. The molecule has 4 rings (SSSR count). The zero-order valence-corrected chi connectivity index (χ0v) is 19.7. The molecule has 34 heavy (non-hydrogen) atoms. The first-order valence-corrected chi connectivity index (χ1v) is 11.7. The minimum absolute atomic E-state index is 0.0387. The second-order valence-electron chi connectivity index (χ2n) is 9.78. The number of amides is 1. The molecule has 3 aliphatic carbocycles. The molecule has 1 fully saturated rings. The van der Waals surface area contributed by atoms with Gasteiger partial charge in [0.05, 0.1) is 18.3 Å². The number of carbonyl (C=O) groups is 3. The molecule has 2 unspecified atom stereocenters.